The van der Waals surface area contributed by atoms with Crippen molar-refractivity contribution in [2.45, 2.75) is 20.3 Å². The minimum absolute atomic E-state index is 0. The first kappa shape index (κ1) is 13.1. The smallest absolute Gasteiger partial charge is 0.286 e. The predicted molar refractivity (Wildman–Crippen MR) is 53.7 cm³/mol. The average Bonchev–Trinajstić information content (AvgIpc) is 2.52. The van der Waals surface area contributed by atoms with Crippen molar-refractivity contribution < 1.29 is 8.91 Å². The van der Waals surface area contributed by atoms with Gasteiger partial charge in [-0.25, -0.2) is 4.39 Å². The molecule has 0 radical (unpaired) electrons. The van der Waals surface area contributed by atoms with Crippen LogP contribution in [0, 0.1) is 0 Å². The van der Waals surface area contributed by atoms with Crippen LogP contribution >= 0.6 is 12.4 Å². The van der Waals surface area contributed by atoms with Gasteiger partial charge in [-0.2, -0.15) is 4.98 Å². The Kier molecular flexibility index (Phi) is 5.34. The average molecular weight is 222 g/mol. The van der Waals surface area contributed by atoms with E-state index in [1.807, 2.05) is 0 Å². The Bertz CT molecular complexity index is 320. The molecule has 0 fully saturated rings. The van der Waals surface area contributed by atoms with Crippen LogP contribution < -0.4 is 5.73 Å². The van der Waals surface area contributed by atoms with E-state index >= 15 is 0 Å². The van der Waals surface area contributed by atoms with Gasteiger partial charge < -0.3 is 10.3 Å². The molecule has 80 valence electrons. The fourth-order valence-electron chi connectivity index (χ4n) is 0.788. The molecule has 0 aromatic carbocycles. The third-order valence-electron chi connectivity index (χ3n) is 1.46. The predicted octanol–water partition coefficient (Wildman–Crippen LogP) is 1.71. The maximum absolute atomic E-state index is 13.2. The molecule has 0 aliphatic carbocycles. The Balaban J connectivity index is 0.00000169. The van der Waals surface area contributed by atoms with Crippen molar-refractivity contribution in [3.05, 3.63) is 17.3 Å². The molecule has 14 heavy (non-hydrogen) atoms. The number of nitrogens with two attached hydrogens (primary N) is 1. The molecule has 0 saturated heterocycles. The van der Waals surface area contributed by atoms with Crippen molar-refractivity contribution in [3.63, 3.8) is 0 Å². The van der Waals surface area contributed by atoms with E-state index in [-0.39, 0.29) is 18.3 Å². The highest BCUT2D eigenvalue weighted by Gasteiger charge is 2.11. The summed E-state index contributed by atoms with van der Waals surface area (Å²) in [6.07, 6.45) is 0.500. The Morgan fingerprint density at radius 1 is 1.50 bits per heavy atom. The molecule has 0 atom stereocenters. The van der Waals surface area contributed by atoms with Crippen LogP contribution in [0.3, 0.4) is 0 Å². The highest BCUT2D eigenvalue weighted by molar-refractivity contribution is 5.85. The summed E-state index contributed by atoms with van der Waals surface area (Å²) < 4.78 is 17.9. The molecular formula is C8H13ClFN3O. The van der Waals surface area contributed by atoms with Crippen molar-refractivity contribution in [1.82, 2.24) is 10.1 Å². The normalized spacial score (nSPS) is 9.43. The molecule has 0 saturated carbocycles. The zero-order valence-electron chi connectivity index (χ0n) is 8.08. The van der Waals surface area contributed by atoms with Crippen LogP contribution in [-0.4, -0.2) is 16.7 Å². The zero-order valence-corrected chi connectivity index (χ0v) is 8.90. The number of allylic oxidation sites excluding steroid dienone is 1. The van der Waals surface area contributed by atoms with Gasteiger partial charge in [0.1, 0.15) is 0 Å². The first-order valence-electron chi connectivity index (χ1n) is 4.01. The third-order valence-corrected chi connectivity index (χ3v) is 1.46. The van der Waals surface area contributed by atoms with E-state index in [1.54, 1.807) is 13.8 Å². The van der Waals surface area contributed by atoms with E-state index in [1.165, 1.54) is 0 Å². The number of halogens is 2. The maximum Gasteiger partial charge on any atom is 0.286 e. The maximum atomic E-state index is 13.2. The second-order valence-corrected chi connectivity index (χ2v) is 2.87. The molecule has 6 heteroatoms. The van der Waals surface area contributed by atoms with E-state index in [9.17, 15) is 4.39 Å². The van der Waals surface area contributed by atoms with Crippen molar-refractivity contribution in [2.24, 2.45) is 5.73 Å². The molecule has 4 nitrogen and oxygen atoms in total. The van der Waals surface area contributed by atoms with Crippen LogP contribution in [0.15, 0.2) is 10.1 Å². The molecule has 0 spiro atoms. The van der Waals surface area contributed by atoms with E-state index in [0.29, 0.717) is 24.4 Å². The van der Waals surface area contributed by atoms with Crippen LogP contribution in [0.5, 0.6) is 0 Å². The molecular weight excluding hydrogens is 209 g/mol. The van der Waals surface area contributed by atoms with Crippen LogP contribution in [0.4, 0.5) is 4.39 Å². The van der Waals surface area contributed by atoms with Gasteiger partial charge in [-0.15, -0.1) is 12.4 Å². The number of hydrogen-bond donors (Lipinski definition) is 1. The van der Waals surface area contributed by atoms with Crippen molar-refractivity contribution in [3.8, 4) is 0 Å². The third kappa shape index (κ3) is 3.08. The van der Waals surface area contributed by atoms with E-state index in [0.717, 1.165) is 0 Å². The summed E-state index contributed by atoms with van der Waals surface area (Å²) >= 11 is 0. The molecule has 0 aliphatic heterocycles. The summed E-state index contributed by atoms with van der Waals surface area (Å²) in [5, 5.41) is 3.57. The van der Waals surface area contributed by atoms with Crippen molar-refractivity contribution in [2.75, 3.05) is 6.54 Å². The van der Waals surface area contributed by atoms with Gasteiger partial charge in [-0.05, 0) is 26.0 Å². The van der Waals surface area contributed by atoms with E-state index in [4.69, 9.17) is 10.3 Å². The number of rotatable bonds is 3. The molecule has 1 heterocycles. The molecule has 0 amide bonds. The number of hydrogen-bond acceptors (Lipinski definition) is 4. The van der Waals surface area contributed by atoms with Gasteiger partial charge in [0.25, 0.3) is 5.89 Å². The minimum atomic E-state index is -0.462. The van der Waals surface area contributed by atoms with Crippen LogP contribution in [0.25, 0.3) is 5.83 Å². The second kappa shape index (κ2) is 5.72. The largest absolute Gasteiger partial charge is 0.331 e. The standard InChI is InChI=1S/C8H12FN3O.ClH/c1-5(2)7(9)8-11-6(3-4-10)12-13-8;/h3-4,10H2,1-2H3;1H. The summed E-state index contributed by atoms with van der Waals surface area (Å²) in [4.78, 5) is 3.83. The Labute approximate surface area is 87.8 Å². The summed E-state index contributed by atoms with van der Waals surface area (Å²) in [6, 6.07) is 0. The molecule has 1 aromatic rings. The lowest BCUT2D eigenvalue weighted by molar-refractivity contribution is 0.391. The number of nitrogens with zero attached hydrogens (tertiary/aromatic N) is 2. The Morgan fingerprint density at radius 2 is 2.14 bits per heavy atom. The van der Waals surface area contributed by atoms with Gasteiger partial charge in [-0.3, -0.25) is 0 Å². The fourth-order valence-corrected chi connectivity index (χ4v) is 0.788. The van der Waals surface area contributed by atoms with Gasteiger partial charge in [0.15, 0.2) is 11.7 Å². The van der Waals surface area contributed by atoms with Crippen LogP contribution in [0.1, 0.15) is 25.6 Å². The van der Waals surface area contributed by atoms with Gasteiger partial charge in [0, 0.05) is 6.42 Å². The zero-order chi connectivity index (χ0) is 9.84. The summed E-state index contributed by atoms with van der Waals surface area (Å²) in [6.45, 7) is 3.71. The molecule has 0 aliphatic rings. The summed E-state index contributed by atoms with van der Waals surface area (Å²) in [5.41, 5.74) is 5.79. The molecule has 1 aromatic heterocycles. The SMILES string of the molecule is CC(C)=C(F)c1nc(CCN)no1.Cl. The van der Waals surface area contributed by atoms with Crippen LogP contribution in [0.2, 0.25) is 0 Å². The number of aromatic nitrogens is 2. The topological polar surface area (TPSA) is 64.9 Å². The quantitative estimate of drug-likeness (QED) is 0.844. The summed E-state index contributed by atoms with van der Waals surface area (Å²) in [7, 11) is 0. The lowest BCUT2D eigenvalue weighted by atomic mass is 10.3. The van der Waals surface area contributed by atoms with Gasteiger partial charge >= 0.3 is 0 Å². The van der Waals surface area contributed by atoms with E-state index in [2.05, 4.69) is 10.1 Å². The van der Waals surface area contributed by atoms with Crippen LogP contribution in [-0.2, 0) is 6.42 Å². The highest BCUT2D eigenvalue weighted by Crippen LogP contribution is 2.17. The lowest BCUT2D eigenvalue weighted by Crippen LogP contribution is -2.03. The molecule has 1 rings (SSSR count). The molecule has 0 bridgehead atoms. The van der Waals surface area contributed by atoms with Crippen molar-refractivity contribution in [1.29, 1.82) is 0 Å². The Morgan fingerprint density at radius 3 is 2.64 bits per heavy atom. The second-order valence-electron chi connectivity index (χ2n) is 2.87. The van der Waals surface area contributed by atoms with Gasteiger partial charge in [0.05, 0.1) is 0 Å². The molecule has 0 unspecified atom stereocenters. The molecule has 2 N–H and O–H groups in total. The summed E-state index contributed by atoms with van der Waals surface area (Å²) in [5.74, 6) is -0.0897. The first-order valence-corrected chi connectivity index (χ1v) is 4.01. The van der Waals surface area contributed by atoms with Gasteiger partial charge in [0.2, 0.25) is 0 Å². The Hall–Kier alpha value is -0.940. The van der Waals surface area contributed by atoms with Crippen molar-refractivity contribution >= 4 is 18.2 Å². The fraction of sp³-hybridized carbons (Fsp3) is 0.500. The highest BCUT2D eigenvalue weighted by atomic mass is 35.5. The lowest BCUT2D eigenvalue weighted by Gasteiger charge is -1.89. The minimum Gasteiger partial charge on any atom is -0.331 e. The first-order chi connectivity index (χ1) is 6.15. The van der Waals surface area contributed by atoms with Gasteiger partial charge in [-0.1, -0.05) is 5.16 Å². The monoisotopic (exact) mass is 221 g/mol. The van der Waals surface area contributed by atoms with E-state index < -0.39 is 5.83 Å².